The molecule has 98 valence electrons. The van der Waals surface area contributed by atoms with Gasteiger partial charge in [-0.3, -0.25) is 0 Å². The van der Waals surface area contributed by atoms with E-state index >= 15 is 0 Å². The molecule has 16 heavy (non-hydrogen) atoms. The van der Waals surface area contributed by atoms with Gasteiger partial charge in [0.2, 0.25) is 0 Å². The molecule has 0 heterocycles. The molecule has 0 spiro atoms. The van der Waals surface area contributed by atoms with Gasteiger partial charge >= 0.3 is 0 Å². The Morgan fingerprint density at radius 2 is 1.19 bits per heavy atom. The molecule has 0 amide bonds. The van der Waals surface area contributed by atoms with Crippen LogP contribution in [0.5, 0.6) is 0 Å². The quantitative estimate of drug-likeness (QED) is 0.478. The average molecular weight is 246 g/mol. The van der Waals surface area contributed by atoms with E-state index in [1.165, 1.54) is 63.5 Å². The van der Waals surface area contributed by atoms with Gasteiger partial charge in [-0.2, -0.15) is 11.8 Å². The lowest BCUT2D eigenvalue weighted by Crippen LogP contribution is -1.88. The van der Waals surface area contributed by atoms with Gasteiger partial charge in [0.15, 0.2) is 0 Å². The van der Waals surface area contributed by atoms with Crippen LogP contribution in [0.4, 0.5) is 0 Å². The van der Waals surface area contributed by atoms with Crippen molar-refractivity contribution in [1.82, 2.24) is 0 Å². The van der Waals surface area contributed by atoms with Gasteiger partial charge in [0.25, 0.3) is 0 Å². The van der Waals surface area contributed by atoms with E-state index in [0.29, 0.717) is 6.61 Å². The fraction of sp³-hybridized carbons (Fsp3) is 1.00. The maximum atomic E-state index is 8.61. The van der Waals surface area contributed by atoms with E-state index in [1.807, 2.05) is 11.8 Å². The van der Waals surface area contributed by atoms with Crippen molar-refractivity contribution >= 4 is 11.8 Å². The van der Waals surface area contributed by atoms with Crippen molar-refractivity contribution in [3.63, 3.8) is 0 Å². The molecule has 2 heteroatoms. The van der Waals surface area contributed by atoms with Crippen molar-refractivity contribution in [3.05, 3.63) is 0 Å². The molecule has 0 aliphatic heterocycles. The highest BCUT2D eigenvalue weighted by Crippen LogP contribution is 2.12. The van der Waals surface area contributed by atoms with Crippen molar-refractivity contribution in [1.29, 1.82) is 0 Å². The summed E-state index contributed by atoms with van der Waals surface area (Å²) in [6.45, 7) is 2.62. The zero-order valence-electron chi connectivity index (χ0n) is 11.0. The van der Waals surface area contributed by atoms with Crippen LogP contribution in [0.15, 0.2) is 0 Å². The predicted molar refractivity (Wildman–Crippen MR) is 76.3 cm³/mol. The number of aliphatic hydroxyl groups is 1. The first-order valence-electron chi connectivity index (χ1n) is 7.10. The minimum absolute atomic E-state index is 0.352. The SMILES string of the molecule is CCCCCCCCCCCSCCCO. The molecule has 0 aliphatic rings. The smallest absolute Gasteiger partial charge is 0.0438 e. The minimum atomic E-state index is 0.352. The molecular weight excluding hydrogens is 216 g/mol. The highest BCUT2D eigenvalue weighted by Gasteiger charge is 1.93. The lowest BCUT2D eigenvalue weighted by Gasteiger charge is -2.02. The summed E-state index contributed by atoms with van der Waals surface area (Å²) in [6.07, 6.45) is 13.7. The molecule has 0 aromatic rings. The summed E-state index contributed by atoms with van der Waals surface area (Å²) < 4.78 is 0. The maximum Gasteiger partial charge on any atom is 0.0438 e. The van der Waals surface area contributed by atoms with Crippen molar-refractivity contribution in [2.75, 3.05) is 18.1 Å². The summed E-state index contributed by atoms with van der Waals surface area (Å²) in [5, 5.41) is 8.61. The van der Waals surface area contributed by atoms with Gasteiger partial charge in [0.1, 0.15) is 0 Å². The molecule has 1 N–H and O–H groups in total. The van der Waals surface area contributed by atoms with Crippen molar-refractivity contribution in [2.24, 2.45) is 0 Å². The van der Waals surface area contributed by atoms with Crippen LogP contribution in [-0.2, 0) is 0 Å². The first-order valence-corrected chi connectivity index (χ1v) is 8.26. The monoisotopic (exact) mass is 246 g/mol. The molecule has 0 bridgehead atoms. The third-order valence-corrected chi connectivity index (χ3v) is 3.99. The van der Waals surface area contributed by atoms with E-state index < -0.39 is 0 Å². The third-order valence-electron chi connectivity index (χ3n) is 2.84. The fourth-order valence-electron chi connectivity index (χ4n) is 1.78. The zero-order chi connectivity index (χ0) is 11.9. The number of rotatable bonds is 13. The molecule has 0 unspecified atom stereocenters. The van der Waals surface area contributed by atoms with E-state index in [2.05, 4.69) is 6.92 Å². The van der Waals surface area contributed by atoms with Gasteiger partial charge < -0.3 is 5.11 Å². The van der Waals surface area contributed by atoms with Crippen LogP contribution in [-0.4, -0.2) is 23.2 Å². The Morgan fingerprint density at radius 1 is 0.688 bits per heavy atom. The molecular formula is C14H30OS. The molecule has 0 atom stereocenters. The van der Waals surface area contributed by atoms with E-state index in [0.717, 1.165) is 12.2 Å². The predicted octanol–water partition coefficient (Wildman–Crippen LogP) is 4.63. The van der Waals surface area contributed by atoms with E-state index in [4.69, 9.17) is 5.11 Å². The number of hydrogen-bond acceptors (Lipinski definition) is 2. The maximum absolute atomic E-state index is 8.61. The van der Waals surface area contributed by atoms with Crippen LogP contribution in [0.1, 0.15) is 71.1 Å². The molecule has 0 aromatic carbocycles. The topological polar surface area (TPSA) is 20.2 Å². The standard InChI is InChI=1S/C14H30OS/c1-2-3-4-5-6-7-8-9-10-13-16-14-11-12-15/h15H,2-14H2,1H3. The molecule has 0 fully saturated rings. The van der Waals surface area contributed by atoms with E-state index in [9.17, 15) is 0 Å². The van der Waals surface area contributed by atoms with Gasteiger partial charge in [0, 0.05) is 6.61 Å². The van der Waals surface area contributed by atoms with Gasteiger partial charge in [-0.05, 0) is 24.3 Å². The fourth-order valence-corrected chi connectivity index (χ4v) is 2.73. The van der Waals surface area contributed by atoms with Crippen molar-refractivity contribution in [3.8, 4) is 0 Å². The van der Waals surface area contributed by atoms with Crippen LogP contribution < -0.4 is 0 Å². The summed E-state index contributed by atoms with van der Waals surface area (Å²) in [5.41, 5.74) is 0. The molecule has 0 radical (unpaired) electrons. The highest BCUT2D eigenvalue weighted by atomic mass is 32.2. The van der Waals surface area contributed by atoms with Gasteiger partial charge in [0.05, 0.1) is 0 Å². The zero-order valence-corrected chi connectivity index (χ0v) is 11.9. The van der Waals surface area contributed by atoms with Crippen molar-refractivity contribution in [2.45, 2.75) is 71.1 Å². The Bertz CT molecular complexity index is 103. The second kappa shape index (κ2) is 15.3. The van der Waals surface area contributed by atoms with Crippen LogP contribution in [0.3, 0.4) is 0 Å². The molecule has 0 aliphatic carbocycles. The summed E-state index contributed by atoms with van der Waals surface area (Å²) in [6, 6.07) is 0. The summed E-state index contributed by atoms with van der Waals surface area (Å²) in [5.74, 6) is 2.42. The summed E-state index contributed by atoms with van der Waals surface area (Å²) >= 11 is 1.99. The van der Waals surface area contributed by atoms with Gasteiger partial charge in [-0.15, -0.1) is 0 Å². The molecule has 0 saturated heterocycles. The number of aliphatic hydroxyl groups excluding tert-OH is 1. The van der Waals surface area contributed by atoms with Crippen LogP contribution in [0, 0.1) is 0 Å². The average Bonchev–Trinajstić information content (AvgIpc) is 2.31. The number of hydrogen-bond donors (Lipinski definition) is 1. The number of unbranched alkanes of at least 4 members (excludes halogenated alkanes) is 8. The van der Waals surface area contributed by atoms with Gasteiger partial charge in [-0.25, -0.2) is 0 Å². The van der Waals surface area contributed by atoms with Gasteiger partial charge in [-0.1, -0.05) is 58.3 Å². The Hall–Kier alpha value is 0.310. The van der Waals surface area contributed by atoms with Crippen molar-refractivity contribution < 1.29 is 5.11 Å². The summed E-state index contributed by atoms with van der Waals surface area (Å²) in [7, 11) is 0. The molecule has 0 rings (SSSR count). The first kappa shape index (κ1) is 16.3. The van der Waals surface area contributed by atoms with Crippen LogP contribution in [0.2, 0.25) is 0 Å². The van der Waals surface area contributed by atoms with Crippen LogP contribution >= 0.6 is 11.8 Å². The second-order valence-corrected chi connectivity index (χ2v) is 5.74. The largest absolute Gasteiger partial charge is 0.396 e. The number of thioether (sulfide) groups is 1. The Morgan fingerprint density at radius 3 is 1.75 bits per heavy atom. The van der Waals surface area contributed by atoms with E-state index in [-0.39, 0.29) is 0 Å². The van der Waals surface area contributed by atoms with Crippen LogP contribution in [0.25, 0.3) is 0 Å². The molecule has 1 nitrogen and oxygen atoms in total. The Kier molecular flexibility index (Phi) is 15.6. The molecule has 0 aromatic heterocycles. The second-order valence-electron chi connectivity index (χ2n) is 4.52. The Labute approximate surface area is 106 Å². The highest BCUT2D eigenvalue weighted by molar-refractivity contribution is 7.99. The summed E-state index contributed by atoms with van der Waals surface area (Å²) in [4.78, 5) is 0. The lowest BCUT2D eigenvalue weighted by atomic mass is 10.1. The normalized spacial score (nSPS) is 10.9. The van der Waals surface area contributed by atoms with E-state index in [1.54, 1.807) is 0 Å². The minimum Gasteiger partial charge on any atom is -0.396 e. The lowest BCUT2D eigenvalue weighted by molar-refractivity contribution is 0.296. The third kappa shape index (κ3) is 14.3. The Balaban J connectivity index is 2.83. The molecule has 0 saturated carbocycles. The first-order chi connectivity index (χ1) is 7.91.